The number of rotatable bonds is 2. The van der Waals surface area contributed by atoms with Crippen molar-refractivity contribution in [3.63, 3.8) is 0 Å². The van der Waals surface area contributed by atoms with Crippen LogP contribution in [0.4, 0.5) is 18.9 Å². The van der Waals surface area contributed by atoms with E-state index < -0.39 is 11.7 Å². The molecule has 0 spiro atoms. The summed E-state index contributed by atoms with van der Waals surface area (Å²) in [6.07, 6.45) is -2.81. The first kappa shape index (κ1) is 14.7. The molecule has 1 fully saturated rings. The smallest absolute Gasteiger partial charge is 0.396 e. The summed E-state index contributed by atoms with van der Waals surface area (Å²) < 4.78 is 38.7. The molecule has 1 aliphatic rings. The third-order valence-corrected chi connectivity index (χ3v) is 3.57. The lowest BCUT2D eigenvalue weighted by Gasteiger charge is -2.34. The normalized spacial score (nSPS) is 19.8. The Labute approximate surface area is 115 Å². The molecule has 1 aromatic rings. The number of aliphatic hydroxyl groups excluding tert-OH is 1. The zero-order chi connectivity index (χ0) is 14.8. The van der Waals surface area contributed by atoms with Crippen LogP contribution in [0.2, 0.25) is 0 Å². The molecule has 3 nitrogen and oxygen atoms in total. The maximum atomic E-state index is 12.9. The summed E-state index contributed by atoms with van der Waals surface area (Å²) in [5.74, 6) is 0.0914. The monoisotopic (exact) mass is 284 g/mol. The first-order valence-corrected chi connectivity index (χ1v) is 6.43. The van der Waals surface area contributed by atoms with Gasteiger partial charge in [-0.15, -0.1) is 0 Å². The minimum Gasteiger partial charge on any atom is -0.396 e. The number of hydrogen-bond donors (Lipinski definition) is 1. The average Bonchev–Trinajstić information content (AvgIpc) is 2.45. The van der Waals surface area contributed by atoms with Gasteiger partial charge in [-0.25, -0.2) is 0 Å². The van der Waals surface area contributed by atoms with Crippen molar-refractivity contribution in [3.05, 3.63) is 29.3 Å². The molecule has 0 bridgehead atoms. The molecule has 6 heteroatoms. The van der Waals surface area contributed by atoms with Crippen LogP contribution in [0.15, 0.2) is 18.2 Å². The number of benzene rings is 1. The Morgan fingerprint density at radius 3 is 2.75 bits per heavy atom. The quantitative estimate of drug-likeness (QED) is 0.908. The van der Waals surface area contributed by atoms with E-state index in [0.29, 0.717) is 18.8 Å². The Balaban J connectivity index is 2.32. The summed E-state index contributed by atoms with van der Waals surface area (Å²) in [5.41, 5.74) is -0.810. The number of piperidine rings is 1. The molecule has 1 N–H and O–H groups in total. The van der Waals surface area contributed by atoms with Crippen molar-refractivity contribution in [2.24, 2.45) is 5.92 Å². The van der Waals surface area contributed by atoms with Crippen LogP contribution in [0.1, 0.15) is 24.0 Å². The standard InChI is InChI=1S/C14H15F3N2O/c15-14(16,17)13-6-12(4-3-11(13)7-18)19-5-1-2-10(8-19)9-20/h3-4,6,10,20H,1-2,5,8-9H2. The summed E-state index contributed by atoms with van der Waals surface area (Å²) in [7, 11) is 0. The second kappa shape index (κ2) is 5.71. The lowest BCUT2D eigenvalue weighted by atomic mass is 9.97. The van der Waals surface area contributed by atoms with Crippen molar-refractivity contribution in [1.82, 2.24) is 0 Å². The Morgan fingerprint density at radius 1 is 1.40 bits per heavy atom. The molecule has 0 radical (unpaired) electrons. The van der Waals surface area contributed by atoms with E-state index in [9.17, 15) is 18.3 Å². The molecule has 20 heavy (non-hydrogen) atoms. The highest BCUT2D eigenvalue weighted by Gasteiger charge is 2.34. The van der Waals surface area contributed by atoms with Crippen LogP contribution in [0.3, 0.4) is 0 Å². The third kappa shape index (κ3) is 3.05. The van der Waals surface area contributed by atoms with Crippen LogP contribution in [-0.4, -0.2) is 24.8 Å². The van der Waals surface area contributed by atoms with Gasteiger partial charge in [-0.1, -0.05) is 0 Å². The van der Waals surface area contributed by atoms with Gasteiger partial charge in [0.15, 0.2) is 0 Å². The lowest BCUT2D eigenvalue weighted by molar-refractivity contribution is -0.137. The van der Waals surface area contributed by atoms with Crippen molar-refractivity contribution in [2.75, 3.05) is 24.6 Å². The molecule has 2 rings (SSSR count). The summed E-state index contributed by atoms with van der Waals surface area (Å²) in [4.78, 5) is 1.83. The summed E-state index contributed by atoms with van der Waals surface area (Å²) in [6, 6.07) is 5.34. The number of anilines is 1. The largest absolute Gasteiger partial charge is 0.417 e. The highest BCUT2D eigenvalue weighted by Crippen LogP contribution is 2.35. The zero-order valence-electron chi connectivity index (χ0n) is 10.8. The van der Waals surface area contributed by atoms with Crippen LogP contribution in [-0.2, 0) is 6.18 Å². The lowest BCUT2D eigenvalue weighted by Crippen LogP contribution is -2.36. The third-order valence-electron chi connectivity index (χ3n) is 3.57. The van der Waals surface area contributed by atoms with E-state index in [4.69, 9.17) is 5.26 Å². The molecule has 1 aliphatic heterocycles. The van der Waals surface area contributed by atoms with E-state index >= 15 is 0 Å². The maximum Gasteiger partial charge on any atom is 0.417 e. The van der Waals surface area contributed by atoms with Gasteiger partial charge in [0, 0.05) is 25.4 Å². The molecule has 108 valence electrons. The van der Waals surface area contributed by atoms with E-state index in [1.807, 2.05) is 4.90 Å². The fourth-order valence-electron chi connectivity index (χ4n) is 2.51. The molecule has 1 aromatic carbocycles. The second-order valence-corrected chi connectivity index (χ2v) is 4.98. The Hall–Kier alpha value is -1.74. The van der Waals surface area contributed by atoms with E-state index in [1.165, 1.54) is 12.1 Å². The first-order chi connectivity index (χ1) is 9.45. The molecule has 0 amide bonds. The van der Waals surface area contributed by atoms with Gasteiger partial charge >= 0.3 is 6.18 Å². The molecular weight excluding hydrogens is 269 g/mol. The summed E-state index contributed by atoms with van der Waals surface area (Å²) in [6.45, 7) is 1.25. The van der Waals surface area contributed by atoms with Crippen LogP contribution < -0.4 is 4.90 Å². The Bertz CT molecular complexity index is 522. The minimum atomic E-state index is -4.53. The van der Waals surface area contributed by atoms with Gasteiger partial charge < -0.3 is 10.0 Å². The van der Waals surface area contributed by atoms with E-state index in [1.54, 1.807) is 6.07 Å². The van der Waals surface area contributed by atoms with Gasteiger partial charge in [0.25, 0.3) is 0 Å². The topological polar surface area (TPSA) is 47.3 Å². The van der Waals surface area contributed by atoms with Crippen LogP contribution in [0.5, 0.6) is 0 Å². The molecule has 1 unspecified atom stereocenters. The number of alkyl halides is 3. The minimum absolute atomic E-state index is 0.0406. The average molecular weight is 284 g/mol. The highest BCUT2D eigenvalue weighted by atomic mass is 19.4. The summed E-state index contributed by atoms with van der Waals surface area (Å²) >= 11 is 0. The fourth-order valence-corrected chi connectivity index (χ4v) is 2.51. The SMILES string of the molecule is N#Cc1ccc(N2CCCC(CO)C2)cc1C(F)(F)F. The number of halogens is 3. The van der Waals surface area contributed by atoms with Crippen molar-refractivity contribution in [2.45, 2.75) is 19.0 Å². The second-order valence-electron chi connectivity index (χ2n) is 4.98. The molecular formula is C14H15F3N2O. The molecule has 1 saturated heterocycles. The van der Waals surface area contributed by atoms with Gasteiger partial charge in [-0.2, -0.15) is 18.4 Å². The van der Waals surface area contributed by atoms with E-state index in [2.05, 4.69) is 0 Å². The Morgan fingerprint density at radius 2 is 2.15 bits per heavy atom. The molecule has 0 aliphatic carbocycles. The first-order valence-electron chi connectivity index (χ1n) is 6.43. The fraction of sp³-hybridized carbons (Fsp3) is 0.500. The van der Waals surface area contributed by atoms with E-state index in [-0.39, 0.29) is 18.1 Å². The van der Waals surface area contributed by atoms with Crippen LogP contribution in [0, 0.1) is 17.2 Å². The van der Waals surface area contributed by atoms with Crippen molar-refractivity contribution in [3.8, 4) is 6.07 Å². The van der Waals surface area contributed by atoms with Crippen molar-refractivity contribution >= 4 is 5.69 Å². The van der Waals surface area contributed by atoms with Crippen molar-refractivity contribution < 1.29 is 18.3 Å². The Kier molecular flexibility index (Phi) is 4.19. The number of nitrogens with zero attached hydrogens (tertiary/aromatic N) is 2. The van der Waals surface area contributed by atoms with Gasteiger partial charge in [-0.05, 0) is 37.0 Å². The molecule has 0 saturated carbocycles. The van der Waals surface area contributed by atoms with Crippen LogP contribution >= 0.6 is 0 Å². The molecule has 0 aromatic heterocycles. The van der Waals surface area contributed by atoms with E-state index in [0.717, 1.165) is 18.9 Å². The predicted octanol–water partition coefficient (Wildman–Crippen LogP) is 2.79. The van der Waals surface area contributed by atoms with Gasteiger partial charge in [0.05, 0.1) is 17.2 Å². The summed E-state index contributed by atoms with van der Waals surface area (Å²) in [5, 5.41) is 17.9. The number of hydrogen-bond acceptors (Lipinski definition) is 3. The van der Waals surface area contributed by atoms with Gasteiger partial charge in [-0.3, -0.25) is 0 Å². The van der Waals surface area contributed by atoms with Crippen LogP contribution in [0.25, 0.3) is 0 Å². The maximum absolute atomic E-state index is 12.9. The van der Waals surface area contributed by atoms with Gasteiger partial charge in [0.1, 0.15) is 0 Å². The number of aliphatic hydroxyl groups is 1. The zero-order valence-corrected chi connectivity index (χ0v) is 10.8. The van der Waals surface area contributed by atoms with Gasteiger partial charge in [0.2, 0.25) is 0 Å². The highest BCUT2D eigenvalue weighted by molar-refractivity contribution is 5.55. The van der Waals surface area contributed by atoms with Crippen molar-refractivity contribution in [1.29, 1.82) is 5.26 Å². The predicted molar refractivity (Wildman–Crippen MR) is 68.2 cm³/mol. The molecule has 1 atom stereocenters. The molecule has 1 heterocycles. The number of nitriles is 1.